The predicted octanol–water partition coefficient (Wildman–Crippen LogP) is 18.1. The number of carbonyl (C=O) groups is 3. The van der Waals surface area contributed by atoms with Crippen molar-refractivity contribution in [3.05, 3.63) is 134 Å². The fourth-order valence-electron chi connectivity index (χ4n) is 7.63. The molecule has 0 aliphatic rings. The standard InChI is InChI=1S/C66H107O11P/c1-4-7-10-13-16-19-22-25-28-30-31-33-36-39-42-45-48-51-54-57-66(70)77-63(59-73-64(68)55-52-49-46-43-40-37-34-27-24-21-18-15-12-9-6-3)61-75-78(71,72)74-60-62(58-67)76-65(69)56-53-50-47-44-41-38-35-32-29-26-23-20-17-14-11-8-5-2/h7,9-10,12,16,18-19,21,25,27-28,31,33-34,39-40,42-43,48-49,51-52,62-63,67H,4-6,8,11,13-15,17,20,22-24,26,29-30,32,35-38,41,44-47,50,53-61H2,1-3H3,(H,71,72)/b10-7-,12-9-,19-16-,21-18-,28-25-,33-31-,34-27-,42-39-,43-40-,51-48-,52-49-. The van der Waals surface area contributed by atoms with Gasteiger partial charge in [0.1, 0.15) is 12.7 Å². The van der Waals surface area contributed by atoms with Crippen LogP contribution >= 0.6 is 7.82 Å². The molecule has 2 N–H and O–H groups in total. The highest BCUT2D eigenvalue weighted by Gasteiger charge is 2.28. The van der Waals surface area contributed by atoms with E-state index in [9.17, 15) is 28.9 Å². The number of unbranched alkanes of at least 4 members (excludes halogenated alkanes) is 16. The molecule has 0 bridgehead atoms. The molecule has 0 rings (SSSR count). The van der Waals surface area contributed by atoms with Crippen LogP contribution in [0.1, 0.15) is 226 Å². The fourth-order valence-corrected chi connectivity index (χ4v) is 8.42. The number of allylic oxidation sites excluding steroid dienone is 21. The summed E-state index contributed by atoms with van der Waals surface area (Å²) in [6, 6.07) is 0. The van der Waals surface area contributed by atoms with Gasteiger partial charge in [-0.1, -0.05) is 257 Å². The summed E-state index contributed by atoms with van der Waals surface area (Å²) in [5.41, 5.74) is 0. The lowest BCUT2D eigenvalue weighted by Crippen LogP contribution is -2.30. The second-order valence-electron chi connectivity index (χ2n) is 19.4. The molecule has 0 heterocycles. The topological polar surface area (TPSA) is 155 Å². The molecule has 0 aliphatic heterocycles. The average molecular weight is 1110 g/mol. The minimum atomic E-state index is -4.80. The van der Waals surface area contributed by atoms with Gasteiger partial charge >= 0.3 is 25.7 Å². The fraction of sp³-hybridized carbons (Fsp3) is 0.621. The Hall–Kier alpha value is -4.38. The summed E-state index contributed by atoms with van der Waals surface area (Å²) >= 11 is 0. The van der Waals surface area contributed by atoms with E-state index in [1.54, 1.807) is 6.08 Å². The lowest BCUT2D eigenvalue weighted by molar-refractivity contribution is -0.160. The quantitative estimate of drug-likeness (QED) is 0.0197. The van der Waals surface area contributed by atoms with Crippen LogP contribution in [-0.4, -0.2) is 66.5 Å². The predicted molar refractivity (Wildman–Crippen MR) is 325 cm³/mol. The Labute approximate surface area is 474 Å². The Balaban J connectivity index is 4.90. The summed E-state index contributed by atoms with van der Waals surface area (Å²) in [5, 5.41) is 9.83. The minimum absolute atomic E-state index is 0.0168. The van der Waals surface area contributed by atoms with Crippen molar-refractivity contribution in [2.75, 3.05) is 26.4 Å². The van der Waals surface area contributed by atoms with Gasteiger partial charge in [0.05, 0.1) is 26.2 Å². The van der Waals surface area contributed by atoms with Crippen LogP contribution in [-0.2, 0) is 42.2 Å². The highest BCUT2D eigenvalue weighted by Crippen LogP contribution is 2.43. The van der Waals surface area contributed by atoms with E-state index in [-0.39, 0.29) is 19.3 Å². The molecule has 11 nitrogen and oxygen atoms in total. The van der Waals surface area contributed by atoms with Gasteiger partial charge in [-0.2, -0.15) is 0 Å². The molecule has 0 radical (unpaired) electrons. The zero-order valence-corrected chi connectivity index (χ0v) is 49.7. The van der Waals surface area contributed by atoms with Crippen LogP contribution in [0.2, 0.25) is 0 Å². The van der Waals surface area contributed by atoms with Gasteiger partial charge in [0.25, 0.3) is 0 Å². The Morgan fingerprint density at radius 3 is 1.09 bits per heavy atom. The van der Waals surface area contributed by atoms with Crippen LogP contribution in [0.25, 0.3) is 0 Å². The molecule has 3 unspecified atom stereocenters. The zero-order valence-electron chi connectivity index (χ0n) is 48.8. The van der Waals surface area contributed by atoms with E-state index in [1.807, 2.05) is 24.3 Å². The smallest absolute Gasteiger partial charge is 0.461 e. The van der Waals surface area contributed by atoms with Crippen molar-refractivity contribution in [3.8, 4) is 0 Å². The molecule has 0 spiro atoms. The molecule has 12 heteroatoms. The molecule has 3 atom stereocenters. The first kappa shape index (κ1) is 73.6. The Kier molecular flexibility index (Phi) is 55.5. The van der Waals surface area contributed by atoms with E-state index in [0.717, 1.165) is 77.0 Å². The second-order valence-corrected chi connectivity index (χ2v) is 20.9. The molecule has 0 amide bonds. The normalized spacial score (nSPS) is 14.3. The van der Waals surface area contributed by atoms with Crippen molar-refractivity contribution in [1.82, 2.24) is 0 Å². The van der Waals surface area contributed by atoms with E-state index < -0.39 is 64.4 Å². The number of hydrogen-bond donors (Lipinski definition) is 2. The zero-order chi connectivity index (χ0) is 56.9. The van der Waals surface area contributed by atoms with Crippen molar-refractivity contribution < 1.29 is 52.2 Å². The van der Waals surface area contributed by atoms with Crippen LogP contribution in [0.5, 0.6) is 0 Å². The van der Waals surface area contributed by atoms with Crippen LogP contribution in [0.3, 0.4) is 0 Å². The van der Waals surface area contributed by atoms with Crippen molar-refractivity contribution in [3.63, 3.8) is 0 Å². The molecular formula is C66H107O11P. The van der Waals surface area contributed by atoms with Gasteiger partial charge in [0.2, 0.25) is 0 Å². The number of phosphoric acid groups is 1. The van der Waals surface area contributed by atoms with Crippen molar-refractivity contribution in [2.45, 2.75) is 238 Å². The third-order valence-electron chi connectivity index (χ3n) is 12.1. The molecule has 0 aromatic carbocycles. The maximum atomic E-state index is 12.9. The number of esters is 3. The van der Waals surface area contributed by atoms with Crippen LogP contribution in [0.15, 0.2) is 134 Å². The van der Waals surface area contributed by atoms with E-state index in [2.05, 4.69) is 124 Å². The maximum Gasteiger partial charge on any atom is 0.472 e. The van der Waals surface area contributed by atoms with Gasteiger partial charge in [-0.05, 0) is 83.5 Å². The average Bonchev–Trinajstić information content (AvgIpc) is 3.43. The van der Waals surface area contributed by atoms with E-state index in [4.69, 9.17) is 23.3 Å². The largest absolute Gasteiger partial charge is 0.472 e. The van der Waals surface area contributed by atoms with E-state index in [0.29, 0.717) is 25.7 Å². The molecular weight excluding hydrogens is 1000 g/mol. The van der Waals surface area contributed by atoms with Gasteiger partial charge in [0, 0.05) is 12.8 Å². The molecule has 442 valence electrons. The Morgan fingerprint density at radius 2 is 0.705 bits per heavy atom. The second kappa shape index (κ2) is 58.8. The third kappa shape index (κ3) is 56.3. The first-order valence-electron chi connectivity index (χ1n) is 30.1. The van der Waals surface area contributed by atoms with Gasteiger partial charge in [-0.25, -0.2) is 4.57 Å². The SMILES string of the molecule is CC/C=C\C/C=C\C/C=C\C/C=C\C/C=C\C/C=C\CCC(=O)OC(COC(=O)C/C=C\C/C=C\C/C=C\C/C=C\C/C=C\CC)COP(=O)(O)OCC(CO)OC(=O)CCCCCCCCCCCCCCCCCCC. The monoisotopic (exact) mass is 1110 g/mol. The number of carbonyl (C=O) groups excluding carboxylic acids is 3. The molecule has 0 aromatic rings. The summed E-state index contributed by atoms with van der Waals surface area (Å²) in [6.45, 7) is 4.22. The third-order valence-corrected chi connectivity index (χ3v) is 13.1. The van der Waals surface area contributed by atoms with E-state index >= 15 is 0 Å². The molecule has 0 fully saturated rings. The Morgan fingerprint density at radius 1 is 0.385 bits per heavy atom. The van der Waals surface area contributed by atoms with E-state index in [1.165, 1.54) is 83.5 Å². The van der Waals surface area contributed by atoms with Crippen LogP contribution in [0.4, 0.5) is 0 Å². The van der Waals surface area contributed by atoms with Crippen LogP contribution in [0, 0.1) is 0 Å². The maximum absolute atomic E-state index is 12.9. The lowest BCUT2D eigenvalue weighted by Gasteiger charge is -2.21. The molecule has 78 heavy (non-hydrogen) atoms. The Bertz CT molecular complexity index is 1820. The van der Waals surface area contributed by atoms with Gasteiger partial charge in [-0.15, -0.1) is 0 Å². The summed E-state index contributed by atoms with van der Waals surface area (Å²) in [4.78, 5) is 48.5. The molecule has 0 aliphatic carbocycles. The number of ether oxygens (including phenoxy) is 3. The first-order chi connectivity index (χ1) is 38.2. The number of aliphatic hydroxyl groups is 1. The van der Waals surface area contributed by atoms with Crippen molar-refractivity contribution >= 4 is 25.7 Å². The summed E-state index contributed by atoms with van der Waals surface area (Å²) in [5.74, 6) is -1.73. The summed E-state index contributed by atoms with van der Waals surface area (Å²) in [6.07, 6.45) is 74.6. The van der Waals surface area contributed by atoms with Crippen molar-refractivity contribution in [1.29, 1.82) is 0 Å². The molecule has 0 saturated carbocycles. The lowest BCUT2D eigenvalue weighted by atomic mass is 10.0. The van der Waals surface area contributed by atoms with Gasteiger partial charge in [0.15, 0.2) is 6.10 Å². The summed E-state index contributed by atoms with van der Waals surface area (Å²) < 4.78 is 39.4. The molecule has 0 aromatic heterocycles. The highest BCUT2D eigenvalue weighted by molar-refractivity contribution is 7.47. The minimum Gasteiger partial charge on any atom is -0.461 e. The van der Waals surface area contributed by atoms with Gasteiger partial charge in [-0.3, -0.25) is 23.4 Å². The number of phosphoric ester groups is 1. The van der Waals surface area contributed by atoms with Crippen molar-refractivity contribution in [2.24, 2.45) is 0 Å². The highest BCUT2D eigenvalue weighted by atomic mass is 31.2. The number of hydrogen-bond acceptors (Lipinski definition) is 10. The first-order valence-corrected chi connectivity index (χ1v) is 31.6. The number of aliphatic hydroxyl groups excluding tert-OH is 1. The summed E-state index contributed by atoms with van der Waals surface area (Å²) in [7, 11) is -4.80. The molecule has 0 saturated heterocycles. The van der Waals surface area contributed by atoms with Gasteiger partial charge < -0.3 is 24.2 Å². The van der Waals surface area contributed by atoms with Crippen LogP contribution < -0.4 is 0 Å². The number of rotatable bonds is 54.